The Morgan fingerprint density at radius 3 is 1.76 bits per heavy atom. The highest BCUT2D eigenvalue weighted by Crippen LogP contribution is 1.97. The van der Waals surface area contributed by atoms with Gasteiger partial charge in [0.05, 0.1) is 12.8 Å². The van der Waals surface area contributed by atoms with Gasteiger partial charge in [-0.05, 0) is 34.1 Å². The number of aryl methyl sites for hydroxylation is 2. The first-order valence-corrected chi connectivity index (χ1v) is 11.9. The standard InChI is InChI=1S/2C11H17N3O2.C2H6/c1-4-14(5-2)10(15)6-9-7-12-8(3)13-11(9)16;1-3-4-5-12-10(15)6-9-7-13-8(2)14-11(9)16;1-2/h7H,4-6H2,1-3H3,(H,12,13,16);7H,3-6H2,1-2H3,(H,12,15)(H,13,14,16);1-2H3. The van der Waals surface area contributed by atoms with Crippen LogP contribution in [0.1, 0.15) is 70.2 Å². The topological polar surface area (TPSA) is 141 Å². The minimum Gasteiger partial charge on any atom is -0.356 e. The van der Waals surface area contributed by atoms with Crippen molar-refractivity contribution in [2.45, 2.75) is 74.1 Å². The zero-order valence-electron chi connectivity index (χ0n) is 21.6. The molecule has 0 aliphatic rings. The number of carbonyl (C=O) groups is 2. The van der Waals surface area contributed by atoms with Gasteiger partial charge in [0, 0.05) is 43.2 Å². The van der Waals surface area contributed by atoms with Gasteiger partial charge in [-0.2, -0.15) is 0 Å². The molecule has 0 unspecified atom stereocenters. The molecule has 0 aliphatic heterocycles. The van der Waals surface area contributed by atoms with Crippen molar-refractivity contribution in [2.24, 2.45) is 0 Å². The van der Waals surface area contributed by atoms with Gasteiger partial charge in [0.2, 0.25) is 11.8 Å². The lowest BCUT2D eigenvalue weighted by Gasteiger charge is -2.18. The van der Waals surface area contributed by atoms with E-state index in [0.29, 0.717) is 42.4 Å². The average molecular weight is 477 g/mol. The van der Waals surface area contributed by atoms with Crippen LogP contribution >= 0.6 is 0 Å². The van der Waals surface area contributed by atoms with Crippen LogP contribution in [0, 0.1) is 13.8 Å². The summed E-state index contributed by atoms with van der Waals surface area (Å²) in [5, 5.41) is 2.75. The number of likely N-dealkylation sites (N-methyl/N-ethyl adjacent to an activating group) is 1. The average Bonchev–Trinajstić information content (AvgIpc) is 2.80. The number of amides is 2. The molecule has 2 amide bonds. The Morgan fingerprint density at radius 1 is 0.882 bits per heavy atom. The Labute approximate surface area is 201 Å². The van der Waals surface area contributed by atoms with E-state index in [2.05, 4.69) is 32.2 Å². The third-order valence-electron chi connectivity index (χ3n) is 4.66. The molecule has 0 spiro atoms. The van der Waals surface area contributed by atoms with Gasteiger partial charge >= 0.3 is 0 Å². The zero-order valence-corrected chi connectivity index (χ0v) is 21.6. The first kappa shape index (κ1) is 30.7. The predicted octanol–water partition coefficient (Wildman–Crippen LogP) is 2.05. The number of nitrogens with one attached hydrogen (secondary N) is 3. The molecule has 0 saturated heterocycles. The number of aromatic nitrogens is 4. The van der Waals surface area contributed by atoms with Crippen molar-refractivity contribution < 1.29 is 9.59 Å². The number of rotatable bonds is 9. The molecule has 2 aromatic heterocycles. The van der Waals surface area contributed by atoms with Crippen molar-refractivity contribution >= 4 is 11.8 Å². The molecule has 3 N–H and O–H groups in total. The maximum absolute atomic E-state index is 11.8. The van der Waals surface area contributed by atoms with Gasteiger partial charge in [0.1, 0.15) is 11.6 Å². The fourth-order valence-electron chi connectivity index (χ4n) is 2.76. The van der Waals surface area contributed by atoms with E-state index in [1.54, 1.807) is 18.7 Å². The largest absolute Gasteiger partial charge is 0.356 e. The van der Waals surface area contributed by atoms with Crippen molar-refractivity contribution in [2.75, 3.05) is 19.6 Å². The highest BCUT2D eigenvalue weighted by molar-refractivity contribution is 5.78. The van der Waals surface area contributed by atoms with E-state index in [9.17, 15) is 19.2 Å². The van der Waals surface area contributed by atoms with Crippen LogP contribution in [0.3, 0.4) is 0 Å². The van der Waals surface area contributed by atoms with Gasteiger partial charge in [-0.25, -0.2) is 9.97 Å². The maximum atomic E-state index is 11.8. The SMILES string of the molecule is CC.CCCCNC(=O)Cc1cnc(C)[nH]c1=O.CCN(CC)C(=O)Cc1cnc(C)[nH]c1=O. The summed E-state index contributed by atoms with van der Waals surface area (Å²) in [4.78, 5) is 60.9. The number of nitrogens with zero attached hydrogens (tertiary/aromatic N) is 3. The van der Waals surface area contributed by atoms with Crippen LogP contribution in [0.25, 0.3) is 0 Å². The van der Waals surface area contributed by atoms with Crippen molar-refractivity contribution in [3.63, 3.8) is 0 Å². The third kappa shape index (κ3) is 11.5. The zero-order chi connectivity index (χ0) is 26.1. The molecular formula is C24H40N6O4. The normalized spacial score (nSPS) is 9.74. The summed E-state index contributed by atoms with van der Waals surface area (Å²) in [6.07, 6.45) is 5.11. The van der Waals surface area contributed by atoms with Crippen LogP contribution in [0.2, 0.25) is 0 Å². The van der Waals surface area contributed by atoms with Crippen molar-refractivity contribution in [3.8, 4) is 0 Å². The lowest BCUT2D eigenvalue weighted by molar-refractivity contribution is -0.130. The van der Waals surface area contributed by atoms with E-state index < -0.39 is 0 Å². The minimum atomic E-state index is -0.238. The van der Waals surface area contributed by atoms with Crippen molar-refractivity contribution in [3.05, 3.63) is 55.9 Å². The monoisotopic (exact) mass is 476 g/mol. The molecular weight excluding hydrogens is 436 g/mol. The summed E-state index contributed by atoms with van der Waals surface area (Å²) in [7, 11) is 0. The maximum Gasteiger partial charge on any atom is 0.254 e. The second kappa shape index (κ2) is 17.2. The van der Waals surface area contributed by atoms with E-state index in [-0.39, 0.29) is 35.8 Å². The summed E-state index contributed by atoms with van der Waals surface area (Å²) < 4.78 is 0. The highest BCUT2D eigenvalue weighted by Gasteiger charge is 2.12. The number of hydrogen-bond donors (Lipinski definition) is 3. The molecule has 0 saturated carbocycles. The van der Waals surface area contributed by atoms with E-state index in [4.69, 9.17) is 0 Å². The number of aromatic amines is 2. The Morgan fingerprint density at radius 2 is 1.35 bits per heavy atom. The molecule has 10 heteroatoms. The molecule has 2 aromatic rings. The first-order chi connectivity index (χ1) is 16.2. The van der Waals surface area contributed by atoms with Crippen LogP contribution in [0.5, 0.6) is 0 Å². The van der Waals surface area contributed by atoms with Crippen LogP contribution < -0.4 is 16.4 Å². The Bertz CT molecular complexity index is 995. The molecule has 0 atom stereocenters. The third-order valence-corrected chi connectivity index (χ3v) is 4.66. The van der Waals surface area contributed by atoms with Crippen LogP contribution in [0.4, 0.5) is 0 Å². The number of H-pyrrole nitrogens is 2. The lowest BCUT2D eigenvalue weighted by atomic mass is 10.2. The quantitative estimate of drug-likeness (QED) is 0.473. The lowest BCUT2D eigenvalue weighted by Crippen LogP contribution is -2.33. The molecule has 0 bridgehead atoms. The molecule has 2 rings (SSSR count). The van der Waals surface area contributed by atoms with Gasteiger partial charge < -0.3 is 20.2 Å². The van der Waals surface area contributed by atoms with Crippen molar-refractivity contribution in [1.82, 2.24) is 30.2 Å². The Kier molecular flexibility index (Phi) is 15.5. The number of carbonyl (C=O) groups excluding carboxylic acids is 2. The van der Waals surface area contributed by atoms with Crippen molar-refractivity contribution in [1.29, 1.82) is 0 Å². The molecule has 10 nitrogen and oxygen atoms in total. The van der Waals surface area contributed by atoms with E-state index in [0.717, 1.165) is 12.8 Å². The Hall–Kier alpha value is -3.30. The summed E-state index contributed by atoms with van der Waals surface area (Å²) in [5.74, 6) is 0.940. The van der Waals surface area contributed by atoms with E-state index in [1.165, 1.54) is 12.4 Å². The number of hydrogen-bond acceptors (Lipinski definition) is 6. The molecule has 0 aromatic carbocycles. The van der Waals surface area contributed by atoms with Gasteiger partial charge in [0.25, 0.3) is 11.1 Å². The molecule has 2 heterocycles. The molecule has 0 fully saturated rings. The first-order valence-electron chi connectivity index (χ1n) is 11.9. The molecule has 0 aliphatic carbocycles. The second-order valence-corrected chi connectivity index (χ2v) is 7.27. The fourth-order valence-corrected chi connectivity index (χ4v) is 2.76. The smallest absolute Gasteiger partial charge is 0.254 e. The molecule has 190 valence electrons. The minimum absolute atomic E-state index is 0.0406. The van der Waals surface area contributed by atoms with Crippen LogP contribution in [0.15, 0.2) is 22.0 Å². The second-order valence-electron chi connectivity index (χ2n) is 7.27. The van der Waals surface area contributed by atoms with Gasteiger partial charge in [-0.1, -0.05) is 27.2 Å². The Balaban J connectivity index is 0.000000597. The number of unbranched alkanes of at least 4 members (excludes halogenated alkanes) is 1. The van der Waals surface area contributed by atoms with Crippen LogP contribution in [-0.2, 0) is 22.4 Å². The van der Waals surface area contributed by atoms with Gasteiger partial charge in [0.15, 0.2) is 0 Å². The fraction of sp³-hybridized carbons (Fsp3) is 0.583. The van der Waals surface area contributed by atoms with E-state index >= 15 is 0 Å². The van der Waals surface area contributed by atoms with Gasteiger partial charge in [-0.3, -0.25) is 19.2 Å². The molecule has 0 radical (unpaired) electrons. The van der Waals surface area contributed by atoms with Crippen LogP contribution in [-0.4, -0.2) is 56.3 Å². The summed E-state index contributed by atoms with van der Waals surface area (Å²) in [5.41, 5.74) is 0.355. The molecule has 34 heavy (non-hydrogen) atoms. The van der Waals surface area contributed by atoms with E-state index in [1.807, 2.05) is 27.7 Å². The summed E-state index contributed by atoms with van der Waals surface area (Å²) in [6.45, 7) is 15.3. The highest BCUT2D eigenvalue weighted by atomic mass is 16.2. The summed E-state index contributed by atoms with van der Waals surface area (Å²) in [6, 6.07) is 0. The predicted molar refractivity (Wildman–Crippen MR) is 134 cm³/mol. The summed E-state index contributed by atoms with van der Waals surface area (Å²) >= 11 is 0. The van der Waals surface area contributed by atoms with Gasteiger partial charge in [-0.15, -0.1) is 0 Å².